The van der Waals surface area contributed by atoms with Crippen LogP contribution in [0.3, 0.4) is 0 Å². The molecular formula is C12H20BrNO2. The van der Waals surface area contributed by atoms with Crippen LogP contribution < -0.4 is 0 Å². The van der Waals surface area contributed by atoms with Gasteiger partial charge >= 0.3 is 0 Å². The van der Waals surface area contributed by atoms with E-state index in [0.29, 0.717) is 10.9 Å². The van der Waals surface area contributed by atoms with E-state index >= 15 is 0 Å². The molecule has 16 heavy (non-hydrogen) atoms. The van der Waals surface area contributed by atoms with E-state index in [1.54, 1.807) is 19.1 Å². The fourth-order valence-electron chi connectivity index (χ4n) is 0.935. The molecule has 0 spiro atoms. The number of benzene rings is 1. The first-order valence-corrected chi connectivity index (χ1v) is 6.57. The van der Waals surface area contributed by atoms with E-state index in [0.717, 1.165) is 5.56 Å². The van der Waals surface area contributed by atoms with Gasteiger partial charge in [-0.25, -0.2) is 0 Å². The van der Waals surface area contributed by atoms with Gasteiger partial charge in [0.05, 0.1) is 4.92 Å². The summed E-state index contributed by atoms with van der Waals surface area (Å²) in [5.41, 5.74) is 1.81. The molecule has 1 rings (SSSR count). The highest BCUT2D eigenvalue weighted by atomic mass is 79.9. The predicted molar refractivity (Wildman–Crippen MR) is 73.2 cm³/mol. The van der Waals surface area contributed by atoms with Gasteiger partial charge in [-0.1, -0.05) is 55.8 Å². The summed E-state index contributed by atoms with van der Waals surface area (Å²) in [4.78, 5) is 10.1. The molecule has 0 unspecified atom stereocenters. The zero-order chi connectivity index (χ0) is 13.1. The van der Waals surface area contributed by atoms with Crippen LogP contribution in [0.15, 0.2) is 18.2 Å². The van der Waals surface area contributed by atoms with Crippen LogP contribution >= 0.6 is 15.9 Å². The van der Waals surface area contributed by atoms with E-state index < -0.39 is 0 Å². The van der Waals surface area contributed by atoms with Crippen molar-refractivity contribution in [3.05, 3.63) is 39.4 Å². The Kier molecular flexibility index (Phi) is 11.6. The number of rotatable bonds is 2. The monoisotopic (exact) mass is 289 g/mol. The molecule has 4 heteroatoms. The molecule has 0 saturated heterocycles. The average molecular weight is 290 g/mol. The first-order valence-electron chi connectivity index (χ1n) is 5.45. The van der Waals surface area contributed by atoms with Crippen LogP contribution in [0.2, 0.25) is 0 Å². The Bertz CT molecular complexity index is 314. The summed E-state index contributed by atoms with van der Waals surface area (Å²) in [6, 6.07) is 5.22. The van der Waals surface area contributed by atoms with Crippen LogP contribution in [0, 0.1) is 17.0 Å². The average Bonchev–Trinajstić information content (AvgIpc) is 2.34. The summed E-state index contributed by atoms with van der Waals surface area (Å²) in [7, 11) is 0. The van der Waals surface area contributed by atoms with E-state index in [1.807, 2.05) is 33.8 Å². The summed E-state index contributed by atoms with van der Waals surface area (Å²) in [5.74, 6) is 0. The second kappa shape index (κ2) is 10.6. The quantitative estimate of drug-likeness (QED) is 0.444. The van der Waals surface area contributed by atoms with Gasteiger partial charge in [0.15, 0.2) is 0 Å². The van der Waals surface area contributed by atoms with Crippen LogP contribution in [0.1, 0.15) is 38.8 Å². The molecular weight excluding hydrogens is 270 g/mol. The van der Waals surface area contributed by atoms with Crippen molar-refractivity contribution in [3.63, 3.8) is 0 Å². The number of hydrogen-bond donors (Lipinski definition) is 0. The molecule has 1 aromatic carbocycles. The van der Waals surface area contributed by atoms with Gasteiger partial charge in [-0.05, 0) is 12.5 Å². The van der Waals surface area contributed by atoms with Gasteiger partial charge in [0.25, 0.3) is 5.69 Å². The molecule has 0 aliphatic carbocycles. The standard InChI is InChI=1S/C8H8BrNO2.2C2H6/c1-6-2-3-7(5-9)4-8(6)10(11)12;2*1-2/h2-4H,5H2,1H3;2*1-2H3. The van der Waals surface area contributed by atoms with Crippen LogP contribution in [-0.4, -0.2) is 4.92 Å². The Morgan fingerprint density at radius 3 is 2.12 bits per heavy atom. The number of hydrogen-bond acceptors (Lipinski definition) is 2. The highest BCUT2D eigenvalue weighted by molar-refractivity contribution is 9.08. The van der Waals surface area contributed by atoms with Crippen molar-refractivity contribution in [2.75, 3.05) is 0 Å². The molecule has 0 heterocycles. The Morgan fingerprint density at radius 2 is 1.75 bits per heavy atom. The maximum absolute atomic E-state index is 10.5. The summed E-state index contributed by atoms with van der Waals surface area (Å²) in [6.45, 7) is 9.73. The van der Waals surface area contributed by atoms with Gasteiger partial charge < -0.3 is 0 Å². The van der Waals surface area contributed by atoms with Gasteiger partial charge in [0.1, 0.15) is 0 Å². The molecule has 0 aliphatic heterocycles. The highest BCUT2D eigenvalue weighted by Crippen LogP contribution is 2.20. The molecule has 0 N–H and O–H groups in total. The van der Waals surface area contributed by atoms with E-state index in [4.69, 9.17) is 0 Å². The maximum atomic E-state index is 10.5. The van der Waals surface area contributed by atoms with Crippen molar-refractivity contribution in [3.8, 4) is 0 Å². The molecule has 0 atom stereocenters. The fraction of sp³-hybridized carbons (Fsp3) is 0.500. The topological polar surface area (TPSA) is 43.1 Å². The Labute approximate surface area is 106 Å². The fourth-order valence-corrected chi connectivity index (χ4v) is 1.28. The van der Waals surface area contributed by atoms with Crippen LogP contribution in [-0.2, 0) is 5.33 Å². The summed E-state index contributed by atoms with van der Waals surface area (Å²) >= 11 is 3.24. The molecule has 0 radical (unpaired) electrons. The van der Waals surface area contributed by atoms with Crippen molar-refractivity contribution in [1.29, 1.82) is 0 Å². The summed E-state index contributed by atoms with van der Waals surface area (Å²) < 4.78 is 0. The van der Waals surface area contributed by atoms with Crippen molar-refractivity contribution < 1.29 is 4.92 Å². The lowest BCUT2D eigenvalue weighted by Crippen LogP contribution is -1.92. The van der Waals surface area contributed by atoms with Crippen molar-refractivity contribution in [1.82, 2.24) is 0 Å². The number of nitro groups is 1. The Morgan fingerprint density at radius 1 is 1.25 bits per heavy atom. The van der Waals surface area contributed by atoms with E-state index in [2.05, 4.69) is 15.9 Å². The number of nitrogens with zero attached hydrogens (tertiary/aromatic N) is 1. The van der Waals surface area contributed by atoms with Gasteiger partial charge in [-0.3, -0.25) is 10.1 Å². The SMILES string of the molecule is CC.CC.Cc1ccc(CBr)cc1[N+](=O)[O-]. The van der Waals surface area contributed by atoms with Crippen molar-refractivity contribution >= 4 is 21.6 Å². The minimum Gasteiger partial charge on any atom is -0.258 e. The molecule has 0 fully saturated rings. The van der Waals surface area contributed by atoms with Gasteiger partial charge in [-0.2, -0.15) is 0 Å². The number of nitro benzene ring substituents is 1. The Hall–Kier alpha value is -0.900. The molecule has 0 aromatic heterocycles. The van der Waals surface area contributed by atoms with Gasteiger partial charge in [0, 0.05) is 17.0 Å². The minimum atomic E-state index is -0.360. The minimum absolute atomic E-state index is 0.187. The van der Waals surface area contributed by atoms with Gasteiger partial charge in [-0.15, -0.1) is 0 Å². The summed E-state index contributed by atoms with van der Waals surface area (Å²) in [5, 5.41) is 11.1. The zero-order valence-electron chi connectivity index (χ0n) is 10.6. The normalized spacial score (nSPS) is 8.12. The third-order valence-corrected chi connectivity index (χ3v) is 2.27. The largest absolute Gasteiger partial charge is 0.272 e. The smallest absolute Gasteiger partial charge is 0.258 e. The lowest BCUT2D eigenvalue weighted by atomic mass is 10.1. The Balaban J connectivity index is 0. The first-order chi connectivity index (χ1) is 7.65. The van der Waals surface area contributed by atoms with Gasteiger partial charge in [0.2, 0.25) is 0 Å². The molecule has 0 aliphatic rings. The number of alkyl halides is 1. The third kappa shape index (κ3) is 5.85. The van der Waals surface area contributed by atoms with Crippen LogP contribution in [0.5, 0.6) is 0 Å². The predicted octanol–water partition coefficient (Wildman–Crippen LogP) is 4.85. The molecule has 0 saturated carbocycles. The first kappa shape index (κ1) is 17.5. The summed E-state index contributed by atoms with van der Waals surface area (Å²) in [6.07, 6.45) is 0. The second-order valence-electron chi connectivity index (χ2n) is 2.51. The second-order valence-corrected chi connectivity index (χ2v) is 3.07. The molecule has 0 bridgehead atoms. The van der Waals surface area contributed by atoms with E-state index in [-0.39, 0.29) is 10.6 Å². The van der Waals surface area contributed by atoms with Crippen molar-refractivity contribution in [2.45, 2.75) is 39.9 Å². The van der Waals surface area contributed by atoms with E-state index in [1.165, 1.54) is 0 Å². The third-order valence-electron chi connectivity index (χ3n) is 1.62. The molecule has 1 aromatic rings. The lowest BCUT2D eigenvalue weighted by molar-refractivity contribution is -0.385. The zero-order valence-corrected chi connectivity index (χ0v) is 12.2. The lowest BCUT2D eigenvalue weighted by Gasteiger charge is -1.98. The van der Waals surface area contributed by atoms with Crippen LogP contribution in [0.25, 0.3) is 0 Å². The molecule has 3 nitrogen and oxygen atoms in total. The van der Waals surface area contributed by atoms with Crippen molar-refractivity contribution in [2.24, 2.45) is 0 Å². The number of halogens is 1. The maximum Gasteiger partial charge on any atom is 0.272 e. The number of aryl methyl sites for hydroxylation is 1. The molecule has 0 amide bonds. The van der Waals surface area contributed by atoms with Crippen LogP contribution in [0.4, 0.5) is 5.69 Å². The highest BCUT2D eigenvalue weighted by Gasteiger charge is 2.09. The molecule has 92 valence electrons. The van der Waals surface area contributed by atoms with E-state index in [9.17, 15) is 10.1 Å².